The number of carbonyl (C=O) groups is 1. The number of fused-ring (bicyclic) bond motifs is 5. The van der Waals surface area contributed by atoms with Gasteiger partial charge in [-0.05, 0) is 68.7 Å². The molecule has 220 valence electrons. The molecule has 3 fully saturated rings. The molecule has 0 amide bonds. The summed E-state index contributed by atoms with van der Waals surface area (Å²) in [5.74, 6) is -1.25. The minimum atomic E-state index is -4.10. The number of benzene rings is 1. The van der Waals surface area contributed by atoms with E-state index in [1.54, 1.807) is 28.9 Å². The van der Waals surface area contributed by atoms with Crippen molar-refractivity contribution in [3.63, 3.8) is 0 Å². The van der Waals surface area contributed by atoms with Gasteiger partial charge >= 0.3 is 5.97 Å². The van der Waals surface area contributed by atoms with Crippen LogP contribution in [-0.2, 0) is 14.8 Å². The summed E-state index contributed by atoms with van der Waals surface area (Å²) in [6, 6.07) is 9.12. The zero-order valence-electron chi connectivity index (χ0n) is 23.3. The van der Waals surface area contributed by atoms with Gasteiger partial charge in [0.2, 0.25) is 0 Å². The number of nitrogens with one attached hydrogen (secondary N) is 1. The van der Waals surface area contributed by atoms with Crippen LogP contribution in [0.25, 0.3) is 34.0 Å². The van der Waals surface area contributed by atoms with Crippen LogP contribution < -0.4 is 5.32 Å². The predicted octanol–water partition coefficient (Wildman–Crippen LogP) is 5.37. The standard InChI is InChI=1S/C31H29FN6O4S/c1-3-18-12-13-37-27(18)29(34-26-20-8-6-19(7-9-20)25(26)31(39)40)35-28(36-37)24-16-38(30-23(24)14-21(32)15-33-30)43(41,42)22-10-4-17(2)5-11-22/h3-5,10-16,19-20,25-26H,1,6-9H2,2H3,(H,39,40)(H,34,35,36)/t19?,20?,25-,26-/m0/s1. The number of pyridine rings is 1. The molecule has 2 N–H and O–H groups in total. The maximum Gasteiger partial charge on any atom is 0.308 e. The molecule has 0 saturated heterocycles. The molecule has 10 nitrogen and oxygen atoms in total. The second-order valence-corrected chi connectivity index (χ2v) is 13.3. The lowest BCUT2D eigenvalue weighted by atomic mass is 9.61. The van der Waals surface area contributed by atoms with E-state index in [-0.39, 0.29) is 45.2 Å². The molecule has 8 rings (SSSR count). The molecule has 3 saturated carbocycles. The van der Waals surface area contributed by atoms with Gasteiger partial charge in [-0.1, -0.05) is 30.4 Å². The topological polar surface area (TPSA) is 131 Å². The Morgan fingerprint density at radius 3 is 2.56 bits per heavy atom. The van der Waals surface area contributed by atoms with Crippen molar-refractivity contribution in [2.24, 2.45) is 17.8 Å². The zero-order chi connectivity index (χ0) is 30.0. The summed E-state index contributed by atoms with van der Waals surface area (Å²) in [7, 11) is -4.10. The average Bonchev–Trinajstić information content (AvgIpc) is 3.59. The maximum absolute atomic E-state index is 14.6. The summed E-state index contributed by atoms with van der Waals surface area (Å²) < 4.78 is 44.7. The quantitative estimate of drug-likeness (QED) is 0.255. The first-order chi connectivity index (χ1) is 20.7. The lowest BCUT2D eigenvalue weighted by Gasteiger charge is -2.47. The Morgan fingerprint density at radius 1 is 1.14 bits per heavy atom. The van der Waals surface area contributed by atoms with Gasteiger partial charge in [-0.3, -0.25) is 4.79 Å². The molecule has 2 bridgehead atoms. The monoisotopic (exact) mass is 600 g/mol. The highest BCUT2D eigenvalue weighted by Gasteiger charge is 2.47. The smallest absolute Gasteiger partial charge is 0.308 e. The SMILES string of the molecule is C=Cc1ccn2nc(-c3cn(S(=O)(=O)c4ccc(C)cc4)c4ncc(F)cc34)nc(N[C@H]3C4CCC(CC4)[C@@H]3C(=O)O)c12. The van der Waals surface area contributed by atoms with Crippen molar-refractivity contribution in [1.29, 1.82) is 0 Å². The van der Waals surface area contributed by atoms with E-state index in [9.17, 15) is 22.7 Å². The first-order valence-corrected chi connectivity index (χ1v) is 15.6. The molecule has 3 aliphatic carbocycles. The number of aliphatic carboxylic acids is 1. The number of rotatable bonds is 7. The largest absolute Gasteiger partial charge is 0.481 e. The fraction of sp³-hybridized carbons (Fsp3) is 0.290. The molecule has 0 radical (unpaired) electrons. The number of hydrogen-bond acceptors (Lipinski definition) is 7. The fourth-order valence-corrected chi connectivity index (χ4v) is 8.16. The first kappa shape index (κ1) is 27.3. The summed E-state index contributed by atoms with van der Waals surface area (Å²) >= 11 is 0. The third kappa shape index (κ3) is 4.39. The van der Waals surface area contributed by atoms with Crippen molar-refractivity contribution >= 4 is 44.4 Å². The van der Waals surface area contributed by atoms with E-state index in [0.717, 1.165) is 47.0 Å². The molecular weight excluding hydrogens is 571 g/mol. The lowest BCUT2D eigenvalue weighted by molar-refractivity contribution is -0.148. The first-order valence-electron chi connectivity index (χ1n) is 14.2. The Hall–Kier alpha value is -4.58. The van der Waals surface area contributed by atoms with Crippen LogP contribution in [0, 0.1) is 30.5 Å². The number of aromatic nitrogens is 5. The number of carboxylic acids is 1. The lowest BCUT2D eigenvalue weighted by Crippen LogP contribution is -2.51. The zero-order valence-corrected chi connectivity index (χ0v) is 24.1. The fourth-order valence-electron chi connectivity index (χ4n) is 6.84. The van der Waals surface area contributed by atoms with Crippen LogP contribution in [0.4, 0.5) is 10.2 Å². The number of hydrogen-bond donors (Lipinski definition) is 2. The van der Waals surface area contributed by atoms with E-state index < -0.39 is 27.7 Å². The molecule has 4 heterocycles. The van der Waals surface area contributed by atoms with E-state index in [2.05, 4.69) is 22.0 Å². The van der Waals surface area contributed by atoms with Crippen LogP contribution in [0.5, 0.6) is 0 Å². The van der Waals surface area contributed by atoms with Crippen molar-refractivity contribution in [1.82, 2.24) is 23.6 Å². The van der Waals surface area contributed by atoms with E-state index in [1.807, 2.05) is 13.0 Å². The van der Waals surface area contributed by atoms with Gasteiger partial charge in [-0.15, -0.1) is 5.10 Å². The van der Waals surface area contributed by atoms with Crippen molar-refractivity contribution in [3.05, 3.63) is 78.5 Å². The van der Waals surface area contributed by atoms with Gasteiger partial charge in [0.05, 0.1) is 17.0 Å². The normalized spacial score (nSPS) is 21.8. The Kier molecular flexibility index (Phi) is 6.35. The highest BCUT2D eigenvalue weighted by atomic mass is 32.2. The Morgan fingerprint density at radius 2 is 1.86 bits per heavy atom. The van der Waals surface area contributed by atoms with Gasteiger partial charge in [-0.25, -0.2) is 31.3 Å². The third-order valence-corrected chi connectivity index (χ3v) is 10.6. The Balaban J connectivity index is 1.41. The molecule has 12 heteroatoms. The summed E-state index contributed by atoms with van der Waals surface area (Å²) in [4.78, 5) is 21.4. The van der Waals surface area contributed by atoms with Gasteiger partial charge < -0.3 is 10.4 Å². The third-order valence-electron chi connectivity index (χ3n) is 8.97. The van der Waals surface area contributed by atoms with Gasteiger partial charge in [-0.2, -0.15) is 0 Å². The predicted molar refractivity (Wildman–Crippen MR) is 160 cm³/mol. The number of carboxylic acid groups (broad SMARTS) is 1. The summed E-state index contributed by atoms with van der Waals surface area (Å²) in [6.45, 7) is 5.77. The molecule has 43 heavy (non-hydrogen) atoms. The second-order valence-electron chi connectivity index (χ2n) is 11.4. The van der Waals surface area contributed by atoms with E-state index >= 15 is 0 Å². The molecule has 0 unspecified atom stereocenters. The minimum Gasteiger partial charge on any atom is -0.481 e. The highest BCUT2D eigenvalue weighted by molar-refractivity contribution is 7.90. The minimum absolute atomic E-state index is 0.0324. The van der Waals surface area contributed by atoms with E-state index in [1.165, 1.54) is 24.4 Å². The molecule has 4 aromatic heterocycles. The molecule has 5 aromatic rings. The van der Waals surface area contributed by atoms with Crippen LogP contribution in [0.15, 0.2) is 66.5 Å². The van der Waals surface area contributed by atoms with Gasteiger partial charge in [0.1, 0.15) is 11.3 Å². The van der Waals surface area contributed by atoms with Gasteiger partial charge in [0.25, 0.3) is 10.0 Å². The summed E-state index contributed by atoms with van der Waals surface area (Å²) in [5, 5.41) is 18.5. The second kappa shape index (κ2) is 10.0. The van der Waals surface area contributed by atoms with Crippen LogP contribution in [0.2, 0.25) is 0 Å². The number of anilines is 1. The van der Waals surface area contributed by atoms with Crippen molar-refractivity contribution in [2.75, 3.05) is 5.32 Å². The van der Waals surface area contributed by atoms with Gasteiger partial charge in [0, 0.05) is 34.9 Å². The molecule has 2 atom stereocenters. The molecule has 1 aromatic carbocycles. The Bertz CT molecular complexity index is 2030. The summed E-state index contributed by atoms with van der Waals surface area (Å²) in [6.07, 6.45) is 9.38. The molecular formula is C31H29FN6O4S. The van der Waals surface area contributed by atoms with Crippen molar-refractivity contribution < 1.29 is 22.7 Å². The van der Waals surface area contributed by atoms with E-state index in [4.69, 9.17) is 4.98 Å². The van der Waals surface area contributed by atoms with Crippen molar-refractivity contribution in [3.8, 4) is 11.4 Å². The van der Waals surface area contributed by atoms with E-state index in [0.29, 0.717) is 11.3 Å². The Labute approximate surface area is 247 Å². The average molecular weight is 601 g/mol. The molecule has 0 spiro atoms. The van der Waals surface area contributed by atoms with Crippen LogP contribution in [0.1, 0.15) is 36.8 Å². The van der Waals surface area contributed by atoms with Gasteiger partial charge in [0.15, 0.2) is 17.3 Å². The van der Waals surface area contributed by atoms with Crippen LogP contribution in [0.3, 0.4) is 0 Å². The summed E-state index contributed by atoms with van der Waals surface area (Å²) in [5.41, 5.74) is 2.56. The maximum atomic E-state index is 14.6. The van der Waals surface area contributed by atoms with Crippen LogP contribution >= 0.6 is 0 Å². The highest BCUT2D eigenvalue weighted by Crippen LogP contribution is 2.47. The number of nitrogens with zero attached hydrogens (tertiary/aromatic N) is 5. The van der Waals surface area contributed by atoms with Crippen LogP contribution in [-0.4, -0.2) is 49.1 Å². The number of aryl methyl sites for hydroxylation is 1. The number of halogens is 1. The molecule has 3 aliphatic rings. The van der Waals surface area contributed by atoms with Crippen molar-refractivity contribution in [2.45, 2.75) is 43.5 Å². The molecule has 0 aliphatic heterocycles.